The summed E-state index contributed by atoms with van der Waals surface area (Å²) in [6.07, 6.45) is -3.08. The Morgan fingerprint density at radius 2 is 1.76 bits per heavy atom. The lowest BCUT2D eigenvalue weighted by Gasteiger charge is -2.31. The van der Waals surface area contributed by atoms with Crippen LogP contribution in [0.25, 0.3) is 22.2 Å². The molecule has 0 radical (unpaired) electrons. The first-order valence-electron chi connectivity index (χ1n) is 12.6. The number of hydrogen-bond donors (Lipinski definition) is 2. The van der Waals surface area contributed by atoms with Gasteiger partial charge in [-0.3, -0.25) is 9.59 Å². The van der Waals surface area contributed by atoms with Crippen LogP contribution in [0.4, 0.5) is 40.8 Å². The van der Waals surface area contributed by atoms with Crippen molar-refractivity contribution in [1.29, 1.82) is 0 Å². The molecule has 1 fully saturated rings. The molecule has 222 valence electrons. The van der Waals surface area contributed by atoms with E-state index in [1.807, 2.05) is 0 Å². The second-order valence-corrected chi connectivity index (χ2v) is 9.91. The van der Waals surface area contributed by atoms with Crippen LogP contribution in [-0.4, -0.2) is 30.8 Å². The molecule has 16 heteroatoms. The third kappa shape index (κ3) is 5.56. The van der Waals surface area contributed by atoms with Gasteiger partial charge in [-0.15, -0.1) is 0 Å². The Balaban J connectivity index is 1.42. The fourth-order valence-electron chi connectivity index (χ4n) is 5.20. The number of aromatic amines is 1. The third-order valence-corrected chi connectivity index (χ3v) is 7.11. The van der Waals surface area contributed by atoms with E-state index < -0.39 is 86.2 Å². The molecular weight excluding hydrogens is 580 g/mol. The van der Waals surface area contributed by atoms with Crippen molar-refractivity contribution in [3.63, 3.8) is 0 Å². The highest BCUT2D eigenvalue weighted by Crippen LogP contribution is 2.35. The molecule has 1 aromatic carbocycles. The van der Waals surface area contributed by atoms with Crippen molar-refractivity contribution >= 4 is 16.5 Å². The van der Waals surface area contributed by atoms with Gasteiger partial charge in [0.1, 0.15) is 11.4 Å². The molecule has 1 aliphatic carbocycles. The van der Waals surface area contributed by atoms with E-state index in [4.69, 9.17) is 0 Å². The van der Waals surface area contributed by atoms with Crippen molar-refractivity contribution in [1.82, 2.24) is 24.7 Å². The molecule has 1 saturated carbocycles. The lowest BCUT2D eigenvalue weighted by Crippen LogP contribution is -2.34. The van der Waals surface area contributed by atoms with Crippen molar-refractivity contribution in [3.05, 3.63) is 80.1 Å². The minimum Gasteiger partial charge on any atom is -0.380 e. The van der Waals surface area contributed by atoms with Crippen LogP contribution in [-0.2, 0) is 12.7 Å². The zero-order chi connectivity index (χ0) is 30.3. The van der Waals surface area contributed by atoms with Crippen LogP contribution in [0.2, 0.25) is 0 Å². The zero-order valence-electron chi connectivity index (χ0n) is 21.3. The number of alkyl halides is 5. The highest BCUT2D eigenvalue weighted by molar-refractivity contribution is 5.87. The van der Waals surface area contributed by atoms with Crippen LogP contribution in [0.15, 0.2) is 40.4 Å². The fraction of sp³-hybridized carbons (Fsp3) is 0.346. The van der Waals surface area contributed by atoms with Crippen molar-refractivity contribution < 1.29 is 35.1 Å². The van der Waals surface area contributed by atoms with Crippen LogP contribution in [0.3, 0.4) is 0 Å². The van der Waals surface area contributed by atoms with Gasteiger partial charge >= 0.3 is 6.18 Å². The minimum atomic E-state index is -4.94. The number of fused-ring (bicyclic) bond motifs is 1. The number of rotatable bonds is 6. The summed E-state index contributed by atoms with van der Waals surface area (Å²) in [6, 6.07) is 0.267. The van der Waals surface area contributed by atoms with Crippen LogP contribution >= 0.6 is 0 Å². The van der Waals surface area contributed by atoms with E-state index in [2.05, 4.69) is 20.4 Å². The molecule has 0 saturated heterocycles. The molecule has 0 aliphatic heterocycles. The van der Waals surface area contributed by atoms with Crippen LogP contribution < -0.4 is 16.4 Å². The summed E-state index contributed by atoms with van der Waals surface area (Å²) in [5.41, 5.74) is -5.59. The van der Waals surface area contributed by atoms with Crippen molar-refractivity contribution in [3.8, 4) is 11.4 Å². The summed E-state index contributed by atoms with van der Waals surface area (Å²) >= 11 is 0. The van der Waals surface area contributed by atoms with Gasteiger partial charge in [-0.2, -0.15) is 18.3 Å². The van der Waals surface area contributed by atoms with Crippen LogP contribution in [0, 0.1) is 23.4 Å². The smallest absolute Gasteiger partial charge is 0.380 e. The van der Waals surface area contributed by atoms with E-state index in [9.17, 15) is 35.9 Å². The highest BCUT2D eigenvalue weighted by atomic mass is 19.4. The molecular formula is C26H20F8N6O2. The van der Waals surface area contributed by atoms with Crippen LogP contribution in [0.5, 0.6) is 0 Å². The summed E-state index contributed by atoms with van der Waals surface area (Å²) in [6.45, 7) is -0.148. The van der Waals surface area contributed by atoms with Crippen molar-refractivity contribution in [2.45, 2.75) is 50.9 Å². The predicted molar refractivity (Wildman–Crippen MR) is 133 cm³/mol. The number of benzene rings is 1. The van der Waals surface area contributed by atoms with Gasteiger partial charge in [0.25, 0.3) is 17.5 Å². The first-order valence-corrected chi connectivity index (χ1v) is 12.6. The van der Waals surface area contributed by atoms with E-state index in [0.717, 1.165) is 23.0 Å². The number of nitrogens with zero attached hydrogens (tertiary/aromatic N) is 4. The molecule has 0 amide bonds. The maximum atomic E-state index is 15.2. The molecule has 3 heterocycles. The number of anilines is 1. The normalized spacial score (nSPS) is 17.6. The molecule has 0 bridgehead atoms. The van der Waals surface area contributed by atoms with Gasteiger partial charge in [-0.1, -0.05) is 6.42 Å². The van der Waals surface area contributed by atoms with Gasteiger partial charge < -0.3 is 9.88 Å². The maximum Gasteiger partial charge on any atom is 0.423 e. The van der Waals surface area contributed by atoms with Crippen molar-refractivity contribution in [2.75, 3.05) is 5.32 Å². The Bertz CT molecular complexity index is 1750. The zero-order valence-corrected chi connectivity index (χ0v) is 21.3. The molecule has 0 spiro atoms. The van der Waals surface area contributed by atoms with Gasteiger partial charge in [0, 0.05) is 36.6 Å². The third-order valence-electron chi connectivity index (χ3n) is 7.11. The molecule has 1 aliphatic rings. The topological polar surface area (TPSA) is 106 Å². The summed E-state index contributed by atoms with van der Waals surface area (Å²) in [5, 5.41) is 6.41. The van der Waals surface area contributed by atoms with E-state index >= 15 is 8.78 Å². The molecule has 3 aromatic heterocycles. The lowest BCUT2D eigenvalue weighted by molar-refractivity contribution is -0.138. The number of nitrogens with one attached hydrogen (secondary N) is 2. The fourth-order valence-corrected chi connectivity index (χ4v) is 5.20. The number of H-pyrrole nitrogens is 1. The Kier molecular flexibility index (Phi) is 7.72. The molecule has 0 unspecified atom stereocenters. The maximum absolute atomic E-state index is 15.2. The number of pyridine rings is 1. The summed E-state index contributed by atoms with van der Waals surface area (Å²) in [5.74, 6) is -5.19. The molecule has 2 N–H and O–H groups in total. The van der Waals surface area contributed by atoms with Crippen molar-refractivity contribution in [2.24, 2.45) is 5.92 Å². The standard InChI is InChI=1S/C26H20F8N6O2/c27-16-10-40(9-11-2-1-3-13(4-11)38-17-8-37-39-24(41)19(17)26(32,33)34)25(42)18-14(16)5-15(20(28)21(18)29)23-35-6-12(7-36-23)22(30)31/h5-8,10-11,13,22H,1-4,9H2,(H2,38,39,41)/t11-,13+/m1/s1. The predicted octanol–water partition coefficient (Wildman–Crippen LogP) is 5.59. The highest BCUT2D eigenvalue weighted by Gasteiger charge is 2.38. The largest absolute Gasteiger partial charge is 0.423 e. The minimum absolute atomic E-state index is 0.148. The Morgan fingerprint density at radius 3 is 2.43 bits per heavy atom. The SMILES string of the molecule is O=c1[nH]ncc(N[C@H]2CCC[C@@H](Cn3cc(F)c4cc(-c5ncc(C(F)F)cn5)c(F)c(F)c4c3=O)C2)c1C(F)(F)F. The van der Waals surface area contributed by atoms with Gasteiger partial charge in [-0.25, -0.2) is 37.0 Å². The Hall–Kier alpha value is -4.37. The van der Waals surface area contributed by atoms with Gasteiger partial charge in [0.2, 0.25) is 0 Å². The first kappa shape index (κ1) is 29.1. The molecule has 2 atom stereocenters. The van der Waals surface area contributed by atoms with Gasteiger partial charge in [0.15, 0.2) is 17.5 Å². The average molecular weight is 600 g/mol. The Morgan fingerprint density at radius 1 is 1.05 bits per heavy atom. The van der Waals surface area contributed by atoms with Gasteiger partial charge in [0.05, 0.1) is 28.4 Å². The first-order chi connectivity index (χ1) is 19.8. The number of halogens is 8. The molecule has 4 aromatic rings. The molecule has 8 nitrogen and oxygen atoms in total. The van der Waals surface area contributed by atoms with E-state index in [-0.39, 0.29) is 18.9 Å². The van der Waals surface area contributed by atoms with E-state index in [0.29, 0.717) is 31.7 Å². The molecule has 5 rings (SSSR count). The second-order valence-electron chi connectivity index (χ2n) is 9.91. The summed E-state index contributed by atoms with van der Waals surface area (Å²) in [4.78, 5) is 32.1. The monoisotopic (exact) mass is 600 g/mol. The van der Waals surface area contributed by atoms with Crippen LogP contribution in [0.1, 0.15) is 43.2 Å². The lowest BCUT2D eigenvalue weighted by atomic mass is 9.85. The van der Waals surface area contributed by atoms with E-state index in [1.54, 1.807) is 5.10 Å². The molecule has 42 heavy (non-hydrogen) atoms. The average Bonchev–Trinajstić information content (AvgIpc) is 2.92. The quantitative estimate of drug-likeness (QED) is 0.280. The number of aromatic nitrogens is 5. The van der Waals surface area contributed by atoms with E-state index in [1.165, 1.54) is 0 Å². The summed E-state index contributed by atoms with van der Waals surface area (Å²) < 4.78 is 112. The summed E-state index contributed by atoms with van der Waals surface area (Å²) in [7, 11) is 0. The number of hydrogen-bond acceptors (Lipinski definition) is 6. The second kappa shape index (κ2) is 11.1. The van der Waals surface area contributed by atoms with Gasteiger partial charge in [-0.05, 0) is 31.2 Å². The Labute approximate surface area is 230 Å².